The molecular weight excluding hydrogens is 781 g/mol. The molecule has 0 aliphatic heterocycles. The highest BCUT2D eigenvalue weighted by molar-refractivity contribution is 5.71. The first-order valence-corrected chi connectivity index (χ1v) is 28.5. The molecule has 1 atom stereocenters. The molecule has 0 aromatic rings. The zero-order valence-electron chi connectivity index (χ0n) is 42.9. The number of carbonyl (C=O) groups excluding carboxylic acids is 3. The van der Waals surface area contributed by atoms with E-state index < -0.39 is 6.10 Å². The number of unbranched alkanes of at least 4 members (excludes halogenated alkanes) is 42. The van der Waals surface area contributed by atoms with Crippen molar-refractivity contribution in [1.29, 1.82) is 0 Å². The highest BCUT2D eigenvalue weighted by Crippen LogP contribution is 2.18. The van der Waals surface area contributed by atoms with Crippen LogP contribution in [0.15, 0.2) is 0 Å². The first kappa shape index (κ1) is 61.4. The van der Waals surface area contributed by atoms with Gasteiger partial charge in [-0.15, -0.1) is 0 Å². The number of carbonyl (C=O) groups is 3. The molecular formula is C57H110O6. The van der Waals surface area contributed by atoms with Gasteiger partial charge in [-0.3, -0.25) is 14.4 Å². The number of hydrogen-bond donors (Lipinski definition) is 0. The van der Waals surface area contributed by atoms with Gasteiger partial charge in [-0.2, -0.15) is 0 Å². The third-order valence-electron chi connectivity index (χ3n) is 13.1. The Morgan fingerprint density at radius 3 is 0.635 bits per heavy atom. The van der Waals surface area contributed by atoms with E-state index in [-0.39, 0.29) is 31.1 Å². The van der Waals surface area contributed by atoms with E-state index in [1.807, 2.05) is 0 Å². The Hall–Kier alpha value is -1.59. The van der Waals surface area contributed by atoms with Gasteiger partial charge in [0.25, 0.3) is 0 Å². The molecule has 0 amide bonds. The third-order valence-corrected chi connectivity index (χ3v) is 13.1. The molecule has 0 aromatic carbocycles. The van der Waals surface area contributed by atoms with E-state index in [1.165, 1.54) is 231 Å². The van der Waals surface area contributed by atoms with Crippen LogP contribution >= 0.6 is 0 Å². The lowest BCUT2D eigenvalue weighted by atomic mass is 10.0. The van der Waals surface area contributed by atoms with Crippen LogP contribution in [0.2, 0.25) is 0 Å². The van der Waals surface area contributed by atoms with Crippen LogP contribution in [-0.2, 0) is 28.6 Å². The summed E-state index contributed by atoms with van der Waals surface area (Å²) in [6.07, 6.45) is 58.2. The maximum Gasteiger partial charge on any atom is 0.306 e. The quantitative estimate of drug-likeness (QED) is 0.0344. The molecule has 0 aromatic heterocycles. The smallest absolute Gasteiger partial charge is 0.306 e. The molecule has 6 nitrogen and oxygen atoms in total. The van der Waals surface area contributed by atoms with Gasteiger partial charge in [0.2, 0.25) is 0 Å². The van der Waals surface area contributed by atoms with Gasteiger partial charge < -0.3 is 14.2 Å². The minimum Gasteiger partial charge on any atom is -0.462 e. The Morgan fingerprint density at radius 1 is 0.254 bits per heavy atom. The molecule has 1 unspecified atom stereocenters. The van der Waals surface area contributed by atoms with Crippen molar-refractivity contribution in [3.63, 3.8) is 0 Å². The Bertz CT molecular complexity index is 936. The van der Waals surface area contributed by atoms with Crippen LogP contribution in [0, 0.1) is 0 Å². The second-order valence-corrected chi connectivity index (χ2v) is 19.6. The van der Waals surface area contributed by atoms with Crippen LogP contribution in [0.25, 0.3) is 0 Å². The van der Waals surface area contributed by atoms with E-state index in [0.29, 0.717) is 19.3 Å². The summed E-state index contributed by atoms with van der Waals surface area (Å²) in [5.41, 5.74) is 0. The topological polar surface area (TPSA) is 78.9 Å². The molecule has 0 saturated heterocycles. The molecule has 374 valence electrons. The average Bonchev–Trinajstić information content (AvgIpc) is 3.28. The summed E-state index contributed by atoms with van der Waals surface area (Å²) in [6, 6.07) is 0. The van der Waals surface area contributed by atoms with Gasteiger partial charge in [0.15, 0.2) is 6.10 Å². The molecule has 0 heterocycles. The third kappa shape index (κ3) is 51.3. The number of rotatable bonds is 53. The van der Waals surface area contributed by atoms with Gasteiger partial charge in [0.1, 0.15) is 13.2 Å². The summed E-state index contributed by atoms with van der Waals surface area (Å²) in [5.74, 6) is -0.840. The van der Waals surface area contributed by atoms with Crippen LogP contribution in [0.4, 0.5) is 0 Å². The predicted octanol–water partition coefficient (Wildman–Crippen LogP) is 18.8. The second-order valence-electron chi connectivity index (χ2n) is 19.6. The van der Waals surface area contributed by atoms with Crippen molar-refractivity contribution in [3.05, 3.63) is 0 Å². The Kier molecular flexibility index (Phi) is 51.7. The highest BCUT2D eigenvalue weighted by atomic mass is 16.6. The van der Waals surface area contributed by atoms with Gasteiger partial charge in [0.05, 0.1) is 0 Å². The second kappa shape index (κ2) is 53.0. The van der Waals surface area contributed by atoms with Crippen LogP contribution in [0.3, 0.4) is 0 Å². The number of ether oxygens (including phenoxy) is 3. The first-order valence-electron chi connectivity index (χ1n) is 28.5. The zero-order chi connectivity index (χ0) is 45.8. The average molecular weight is 892 g/mol. The van der Waals surface area contributed by atoms with E-state index in [4.69, 9.17) is 14.2 Å². The summed E-state index contributed by atoms with van der Waals surface area (Å²) in [4.78, 5) is 37.9. The summed E-state index contributed by atoms with van der Waals surface area (Å²) >= 11 is 0. The Balaban J connectivity index is 4.15. The maximum atomic E-state index is 12.8. The number of esters is 3. The fraction of sp³-hybridized carbons (Fsp3) is 0.947. The monoisotopic (exact) mass is 891 g/mol. The molecule has 0 spiro atoms. The van der Waals surface area contributed by atoms with E-state index in [9.17, 15) is 14.4 Å². The standard InChI is InChI=1S/C57H110O6/c1-4-7-10-13-16-19-21-23-25-27-28-29-30-31-33-34-36-38-41-44-47-50-56(59)62-53-54(52-61-55(58)49-46-43-40-18-15-12-9-6-3)63-57(60)51-48-45-42-39-37-35-32-26-24-22-20-17-14-11-8-5-2/h54H,4-53H2,1-3H3. The van der Waals surface area contributed by atoms with Gasteiger partial charge in [-0.1, -0.05) is 290 Å². The Morgan fingerprint density at radius 2 is 0.429 bits per heavy atom. The largest absolute Gasteiger partial charge is 0.462 e. The molecule has 0 bridgehead atoms. The Labute approximate surface area is 393 Å². The van der Waals surface area contributed by atoms with E-state index in [2.05, 4.69) is 20.8 Å². The van der Waals surface area contributed by atoms with Gasteiger partial charge in [-0.25, -0.2) is 0 Å². The molecule has 6 heteroatoms. The van der Waals surface area contributed by atoms with Crippen LogP contribution in [0.5, 0.6) is 0 Å². The lowest BCUT2D eigenvalue weighted by Crippen LogP contribution is -2.30. The summed E-state index contributed by atoms with van der Waals surface area (Å²) in [5, 5.41) is 0. The molecule has 0 rings (SSSR count). The maximum absolute atomic E-state index is 12.8. The summed E-state index contributed by atoms with van der Waals surface area (Å²) in [6.45, 7) is 6.67. The molecule has 0 saturated carbocycles. The zero-order valence-corrected chi connectivity index (χ0v) is 42.9. The predicted molar refractivity (Wildman–Crippen MR) is 270 cm³/mol. The summed E-state index contributed by atoms with van der Waals surface area (Å²) < 4.78 is 16.8. The van der Waals surface area contributed by atoms with E-state index in [0.717, 1.165) is 57.8 Å². The van der Waals surface area contributed by atoms with Gasteiger partial charge >= 0.3 is 17.9 Å². The van der Waals surface area contributed by atoms with Crippen molar-refractivity contribution in [2.75, 3.05) is 13.2 Å². The molecule has 63 heavy (non-hydrogen) atoms. The minimum absolute atomic E-state index is 0.0617. The van der Waals surface area contributed by atoms with Crippen LogP contribution in [0.1, 0.15) is 329 Å². The highest BCUT2D eigenvalue weighted by Gasteiger charge is 2.19. The van der Waals surface area contributed by atoms with Crippen molar-refractivity contribution >= 4 is 17.9 Å². The number of hydrogen-bond acceptors (Lipinski definition) is 6. The van der Waals surface area contributed by atoms with E-state index >= 15 is 0 Å². The lowest BCUT2D eigenvalue weighted by Gasteiger charge is -2.18. The fourth-order valence-corrected chi connectivity index (χ4v) is 8.80. The molecule has 0 radical (unpaired) electrons. The van der Waals surface area contributed by atoms with Gasteiger partial charge in [-0.05, 0) is 19.3 Å². The van der Waals surface area contributed by atoms with Gasteiger partial charge in [0, 0.05) is 19.3 Å². The minimum atomic E-state index is -0.760. The van der Waals surface area contributed by atoms with Crippen LogP contribution in [-0.4, -0.2) is 37.2 Å². The fourth-order valence-electron chi connectivity index (χ4n) is 8.80. The molecule has 0 aliphatic rings. The molecule has 0 N–H and O–H groups in total. The van der Waals surface area contributed by atoms with Crippen molar-refractivity contribution in [3.8, 4) is 0 Å². The first-order chi connectivity index (χ1) is 31.0. The van der Waals surface area contributed by atoms with Crippen molar-refractivity contribution in [1.82, 2.24) is 0 Å². The molecule has 0 fully saturated rings. The normalized spacial score (nSPS) is 11.9. The van der Waals surface area contributed by atoms with Crippen molar-refractivity contribution < 1.29 is 28.6 Å². The molecule has 0 aliphatic carbocycles. The van der Waals surface area contributed by atoms with E-state index in [1.54, 1.807) is 0 Å². The van der Waals surface area contributed by atoms with Crippen molar-refractivity contribution in [2.45, 2.75) is 335 Å². The van der Waals surface area contributed by atoms with Crippen LogP contribution < -0.4 is 0 Å². The lowest BCUT2D eigenvalue weighted by molar-refractivity contribution is -0.167. The van der Waals surface area contributed by atoms with Crippen molar-refractivity contribution in [2.24, 2.45) is 0 Å². The SMILES string of the molecule is CCCCCCCCCCCCCCCCCCCCCCCC(=O)OCC(COC(=O)CCCCCCCCCC)OC(=O)CCCCCCCCCCCCCCCCCC. The summed E-state index contributed by atoms with van der Waals surface area (Å²) in [7, 11) is 0.